The first-order chi connectivity index (χ1) is 4.52. The van der Waals surface area contributed by atoms with Crippen LogP contribution in [0.2, 0.25) is 0 Å². The van der Waals surface area contributed by atoms with E-state index < -0.39 is 24.3 Å². The third-order valence-electron chi connectivity index (χ3n) is 0.594. The molecule has 1 N–H and O–H groups in total. The van der Waals surface area contributed by atoms with E-state index in [4.69, 9.17) is 5.11 Å². The van der Waals surface area contributed by atoms with Crippen LogP contribution >= 0.6 is 0 Å². The number of carboxylic acid groups (broad SMARTS) is 1. The van der Waals surface area contributed by atoms with Crippen molar-refractivity contribution >= 4 is 17.9 Å². The molecule has 0 saturated carbocycles. The van der Waals surface area contributed by atoms with Crippen molar-refractivity contribution in [3.8, 4) is 0 Å². The summed E-state index contributed by atoms with van der Waals surface area (Å²) in [5, 5.41) is 7.84. The van der Waals surface area contributed by atoms with Crippen LogP contribution in [0.3, 0.4) is 0 Å². The number of hydrogen-bond acceptors (Lipinski definition) is 4. The molecule has 5 nitrogen and oxygen atoms in total. The molecule has 0 aromatic carbocycles. The Labute approximate surface area is 56.6 Å². The van der Waals surface area contributed by atoms with Gasteiger partial charge in [0.05, 0.1) is 0 Å². The van der Waals surface area contributed by atoms with Gasteiger partial charge in [0.25, 0.3) is 0 Å². The Kier molecular flexibility index (Phi) is 3.10. The largest absolute Gasteiger partial charge is 0.513 e. The lowest BCUT2D eigenvalue weighted by atomic mass is 10.3. The molecule has 0 aliphatic carbocycles. The maximum absolute atomic E-state index is 10.2. The van der Waals surface area contributed by atoms with Gasteiger partial charge in [0.2, 0.25) is 0 Å². The molecule has 0 rings (SSSR count). The zero-order chi connectivity index (χ0) is 8.15. The minimum absolute atomic E-state index is 0.425. The molecule has 0 spiro atoms. The number of carbonyl (C=O) groups is 3. The molecule has 0 aliphatic heterocycles. The van der Waals surface area contributed by atoms with Crippen molar-refractivity contribution in [1.29, 1.82) is 0 Å². The summed E-state index contributed by atoms with van der Waals surface area (Å²) in [6.45, 7) is 1.17. The molecular weight excluding hydrogens is 140 g/mol. The van der Waals surface area contributed by atoms with Crippen LogP contribution in [0, 0.1) is 0 Å². The number of ketones is 1. The molecule has 5 heteroatoms. The predicted molar refractivity (Wildman–Crippen MR) is 29.4 cm³/mol. The van der Waals surface area contributed by atoms with Crippen molar-refractivity contribution in [2.75, 3.05) is 0 Å². The molecule has 0 amide bonds. The van der Waals surface area contributed by atoms with E-state index in [1.807, 2.05) is 0 Å². The predicted octanol–water partition coefficient (Wildman–Crippen LogP) is 0.187. The van der Waals surface area contributed by atoms with Crippen molar-refractivity contribution in [2.45, 2.75) is 13.3 Å². The third kappa shape index (κ3) is 4.76. The Morgan fingerprint density at radius 2 is 1.90 bits per heavy atom. The van der Waals surface area contributed by atoms with Crippen LogP contribution < -0.4 is 0 Å². The van der Waals surface area contributed by atoms with E-state index >= 15 is 0 Å². The van der Waals surface area contributed by atoms with Crippen LogP contribution in [-0.2, 0) is 14.3 Å². The molecule has 0 atom stereocenters. The molecule has 0 aromatic rings. The zero-order valence-electron chi connectivity index (χ0n) is 5.29. The van der Waals surface area contributed by atoms with E-state index in [1.54, 1.807) is 0 Å². The maximum Gasteiger partial charge on any atom is 0.513 e. The average molecular weight is 146 g/mol. The summed E-state index contributed by atoms with van der Waals surface area (Å²) in [6.07, 6.45) is -2.18. The number of carbonyl (C=O) groups excluding carboxylic acids is 2. The molecule has 0 saturated heterocycles. The fourth-order valence-electron chi connectivity index (χ4n) is 0.337. The Morgan fingerprint density at radius 1 is 1.40 bits per heavy atom. The summed E-state index contributed by atoms with van der Waals surface area (Å²) < 4.78 is 3.62. The fraction of sp³-hybridized carbons (Fsp3) is 0.400. The van der Waals surface area contributed by atoms with Gasteiger partial charge in [0, 0.05) is 0 Å². The summed E-state index contributed by atoms with van der Waals surface area (Å²) >= 11 is 0. The summed E-state index contributed by atoms with van der Waals surface area (Å²) in [7, 11) is 0. The van der Waals surface area contributed by atoms with Crippen molar-refractivity contribution < 1.29 is 24.2 Å². The molecule has 0 bridgehead atoms. The minimum atomic E-state index is -1.69. The van der Waals surface area contributed by atoms with Crippen molar-refractivity contribution in [3.63, 3.8) is 0 Å². The van der Waals surface area contributed by atoms with E-state index in [1.165, 1.54) is 6.92 Å². The van der Waals surface area contributed by atoms with Gasteiger partial charge in [-0.2, -0.15) is 0 Å². The minimum Gasteiger partial charge on any atom is -0.449 e. The monoisotopic (exact) mass is 146 g/mol. The molecule has 0 heterocycles. The maximum atomic E-state index is 10.2. The molecule has 10 heavy (non-hydrogen) atoms. The lowest BCUT2D eigenvalue weighted by Crippen LogP contribution is -2.12. The van der Waals surface area contributed by atoms with E-state index in [0.29, 0.717) is 0 Å². The quantitative estimate of drug-likeness (QED) is 0.444. The molecule has 0 aromatic heterocycles. The number of rotatable bonds is 2. The topological polar surface area (TPSA) is 80.7 Å². The smallest absolute Gasteiger partial charge is 0.449 e. The van der Waals surface area contributed by atoms with Gasteiger partial charge in [-0.05, 0) is 6.92 Å². The van der Waals surface area contributed by atoms with E-state index in [2.05, 4.69) is 4.74 Å². The summed E-state index contributed by atoms with van der Waals surface area (Å²) in [4.78, 5) is 30.0. The van der Waals surface area contributed by atoms with Gasteiger partial charge in [-0.25, -0.2) is 4.79 Å². The Hall–Kier alpha value is -1.39. The van der Waals surface area contributed by atoms with Gasteiger partial charge >= 0.3 is 12.1 Å². The van der Waals surface area contributed by atoms with Gasteiger partial charge in [0.15, 0.2) is 0 Å². The lowest BCUT2D eigenvalue weighted by Gasteiger charge is -1.92. The second-order valence-corrected chi connectivity index (χ2v) is 1.62. The fourth-order valence-corrected chi connectivity index (χ4v) is 0.337. The van der Waals surface area contributed by atoms with E-state index in [9.17, 15) is 14.4 Å². The normalized spacial score (nSPS) is 8.50. The summed E-state index contributed by atoms with van der Waals surface area (Å²) in [6, 6.07) is 0. The first-order valence-corrected chi connectivity index (χ1v) is 2.45. The SMILES string of the molecule is CC(=O)CC(=O)OC(=O)O. The highest BCUT2D eigenvalue weighted by molar-refractivity contribution is 5.96. The van der Waals surface area contributed by atoms with Gasteiger partial charge in [-0.1, -0.05) is 0 Å². The molecule has 0 fully saturated rings. The number of hydrogen-bond donors (Lipinski definition) is 1. The Balaban J connectivity index is 3.65. The third-order valence-corrected chi connectivity index (χ3v) is 0.594. The van der Waals surface area contributed by atoms with Crippen LogP contribution in [0.5, 0.6) is 0 Å². The second kappa shape index (κ2) is 3.60. The number of esters is 1. The average Bonchev–Trinajstić information content (AvgIpc) is 1.58. The molecular formula is C5H6O5. The highest BCUT2D eigenvalue weighted by Crippen LogP contribution is 1.87. The van der Waals surface area contributed by atoms with Gasteiger partial charge in [-0.3, -0.25) is 9.59 Å². The van der Waals surface area contributed by atoms with Gasteiger partial charge < -0.3 is 9.84 Å². The highest BCUT2D eigenvalue weighted by atomic mass is 16.7. The van der Waals surface area contributed by atoms with Gasteiger partial charge in [-0.15, -0.1) is 0 Å². The molecule has 56 valence electrons. The lowest BCUT2D eigenvalue weighted by molar-refractivity contribution is -0.141. The van der Waals surface area contributed by atoms with Crippen molar-refractivity contribution in [2.24, 2.45) is 0 Å². The first-order valence-electron chi connectivity index (χ1n) is 2.45. The second-order valence-electron chi connectivity index (χ2n) is 1.62. The Morgan fingerprint density at radius 3 is 2.20 bits per heavy atom. The standard InChI is InChI=1S/C5H6O5/c1-3(6)2-4(7)10-5(8)9/h2H2,1H3,(H,8,9). The van der Waals surface area contributed by atoms with Crippen LogP contribution in [-0.4, -0.2) is 23.0 Å². The summed E-state index contributed by atoms with van der Waals surface area (Å²) in [5.74, 6) is -1.47. The van der Waals surface area contributed by atoms with Crippen LogP contribution in [0.25, 0.3) is 0 Å². The zero-order valence-corrected chi connectivity index (χ0v) is 5.29. The van der Waals surface area contributed by atoms with Crippen molar-refractivity contribution in [1.82, 2.24) is 0 Å². The molecule has 0 unspecified atom stereocenters. The van der Waals surface area contributed by atoms with Crippen LogP contribution in [0.4, 0.5) is 4.79 Å². The number of ether oxygens (including phenoxy) is 1. The van der Waals surface area contributed by atoms with Crippen LogP contribution in [0.1, 0.15) is 13.3 Å². The first kappa shape index (κ1) is 8.61. The summed E-state index contributed by atoms with van der Waals surface area (Å²) in [5.41, 5.74) is 0. The highest BCUT2D eigenvalue weighted by Gasteiger charge is 2.09. The van der Waals surface area contributed by atoms with Crippen molar-refractivity contribution in [3.05, 3.63) is 0 Å². The number of Topliss-reactive ketones (excluding diaryl/α,β-unsaturated/α-hetero) is 1. The van der Waals surface area contributed by atoms with Crippen LogP contribution in [0.15, 0.2) is 0 Å². The van der Waals surface area contributed by atoms with E-state index in [0.717, 1.165) is 0 Å². The molecule has 0 aliphatic rings. The van der Waals surface area contributed by atoms with Gasteiger partial charge in [0.1, 0.15) is 12.2 Å². The molecule has 0 radical (unpaired) electrons. The van der Waals surface area contributed by atoms with E-state index in [-0.39, 0.29) is 0 Å². The Bertz CT molecular complexity index is 153.